The van der Waals surface area contributed by atoms with Crippen LogP contribution < -0.4 is 14.4 Å². The van der Waals surface area contributed by atoms with Crippen LogP contribution in [0.1, 0.15) is 50.5 Å². The Bertz CT molecular complexity index is 1870. The molecule has 2 aliphatic heterocycles. The van der Waals surface area contributed by atoms with Gasteiger partial charge in [-0.05, 0) is 63.6 Å². The smallest absolute Gasteiger partial charge is 0.319 e. The number of piperidine rings is 1. The van der Waals surface area contributed by atoms with Crippen molar-refractivity contribution in [2.45, 2.75) is 76.2 Å². The first kappa shape index (κ1) is 32.8. The van der Waals surface area contributed by atoms with Gasteiger partial charge < -0.3 is 29.0 Å². The van der Waals surface area contributed by atoms with E-state index in [1.54, 1.807) is 19.4 Å². The average Bonchev–Trinajstić information content (AvgIpc) is 3.67. The summed E-state index contributed by atoms with van der Waals surface area (Å²) in [4.78, 5) is 18.9. The Morgan fingerprint density at radius 3 is 2.82 bits per heavy atom. The Hall–Kier alpha value is -3.36. The largest absolute Gasteiger partial charge is 0.480 e. The highest BCUT2D eigenvalue weighted by atomic mass is 35.5. The first-order valence-corrected chi connectivity index (χ1v) is 17.7. The van der Waals surface area contributed by atoms with Crippen LogP contribution in [0.15, 0.2) is 12.3 Å². The molecule has 0 spiro atoms. The molecule has 49 heavy (non-hydrogen) atoms. The van der Waals surface area contributed by atoms with E-state index in [9.17, 15) is 5.11 Å². The number of pyridine rings is 1. The monoisotopic (exact) mass is 695 g/mol. The molecule has 2 aliphatic carbocycles. The van der Waals surface area contributed by atoms with E-state index in [4.69, 9.17) is 45.5 Å². The summed E-state index contributed by atoms with van der Waals surface area (Å²) in [7, 11) is 3.29. The molecule has 5 heterocycles. The van der Waals surface area contributed by atoms with Crippen LogP contribution in [-0.4, -0.2) is 113 Å². The second-order valence-electron chi connectivity index (χ2n) is 14.1. The van der Waals surface area contributed by atoms with Gasteiger partial charge in [-0.15, -0.1) is 0 Å². The number of hydrogen-bond acceptors (Lipinski definition) is 11. The van der Waals surface area contributed by atoms with Crippen LogP contribution in [0.2, 0.25) is 5.02 Å². The maximum atomic E-state index is 17.1. The molecule has 0 bridgehead atoms. The van der Waals surface area contributed by atoms with Crippen molar-refractivity contribution in [1.29, 1.82) is 0 Å². The molecule has 3 aromatic heterocycles. The van der Waals surface area contributed by atoms with Crippen molar-refractivity contribution in [1.82, 2.24) is 30.0 Å². The van der Waals surface area contributed by atoms with Crippen LogP contribution in [0.25, 0.3) is 33.1 Å². The molecule has 14 heteroatoms. The first-order valence-electron chi connectivity index (χ1n) is 17.3. The second kappa shape index (κ2) is 13.1. The number of H-pyrrole nitrogens is 1. The molecule has 2 saturated heterocycles. The minimum absolute atomic E-state index is 0.0170. The topological polar surface area (TPSA) is 131 Å². The van der Waals surface area contributed by atoms with Gasteiger partial charge in [0, 0.05) is 53.7 Å². The molecule has 262 valence electrons. The molecule has 3 atom stereocenters. The van der Waals surface area contributed by atoms with Crippen LogP contribution in [0.4, 0.5) is 10.2 Å². The number of rotatable bonds is 8. The molecule has 12 nitrogen and oxygen atoms in total. The number of likely N-dealkylation sites (tertiary alicyclic amines) is 1. The molecule has 0 radical (unpaired) electrons. The minimum Gasteiger partial charge on any atom is -0.480 e. The Kier molecular flexibility index (Phi) is 8.76. The van der Waals surface area contributed by atoms with E-state index in [2.05, 4.69) is 15.1 Å². The molecule has 4 aliphatic rings. The Morgan fingerprint density at radius 2 is 2.00 bits per heavy atom. The van der Waals surface area contributed by atoms with Gasteiger partial charge in [-0.2, -0.15) is 15.1 Å². The van der Waals surface area contributed by atoms with E-state index in [1.165, 1.54) is 7.11 Å². The number of aromatic nitrogens is 5. The van der Waals surface area contributed by atoms with Gasteiger partial charge in [-0.25, -0.2) is 9.37 Å². The van der Waals surface area contributed by atoms with Gasteiger partial charge in [-0.3, -0.25) is 10.00 Å². The van der Waals surface area contributed by atoms with Gasteiger partial charge in [0.1, 0.15) is 22.4 Å². The normalized spacial score (nSPS) is 27.7. The lowest BCUT2D eigenvalue weighted by molar-refractivity contribution is -0.0845. The number of nitrogens with zero attached hydrogens (tertiary/aromatic N) is 6. The van der Waals surface area contributed by atoms with E-state index in [1.807, 2.05) is 11.8 Å². The number of nitrogens with one attached hydrogen (secondary N) is 1. The highest BCUT2D eigenvalue weighted by Gasteiger charge is 2.51. The summed E-state index contributed by atoms with van der Waals surface area (Å²) >= 11 is 6.61. The summed E-state index contributed by atoms with van der Waals surface area (Å²) in [5.74, 6) is -0.125. The molecular formula is C35H43ClFN7O5. The van der Waals surface area contributed by atoms with Crippen molar-refractivity contribution in [3.63, 3.8) is 0 Å². The number of hydrogen-bond donors (Lipinski definition) is 2. The van der Waals surface area contributed by atoms with Crippen molar-refractivity contribution in [3.05, 3.63) is 28.7 Å². The summed E-state index contributed by atoms with van der Waals surface area (Å²) in [6.07, 6.45) is 8.86. The van der Waals surface area contributed by atoms with E-state index in [0.29, 0.717) is 76.2 Å². The van der Waals surface area contributed by atoms with Crippen LogP contribution in [-0.2, 0) is 9.47 Å². The molecule has 4 aromatic rings. The highest BCUT2D eigenvalue weighted by Crippen LogP contribution is 2.50. The number of halogens is 2. The predicted octanol–water partition coefficient (Wildman–Crippen LogP) is 5.07. The predicted molar refractivity (Wildman–Crippen MR) is 183 cm³/mol. The zero-order valence-electron chi connectivity index (χ0n) is 28.2. The van der Waals surface area contributed by atoms with Gasteiger partial charge in [0.05, 0.1) is 50.9 Å². The summed E-state index contributed by atoms with van der Waals surface area (Å²) in [6.45, 7) is 4.56. The molecule has 1 aromatic carbocycles. The average molecular weight is 696 g/mol. The number of anilines is 1. The third-order valence-electron chi connectivity index (χ3n) is 11.3. The SMILES string of the molecule is COc1nc(-c2c(C)c(Cl)cc3[nH]ncc23)c(F)c2nc(OCC34CCCC3N(C3CC(OC)C3)CCC4)nc(N3CCOCC(O)C3)c12. The van der Waals surface area contributed by atoms with Crippen LogP contribution in [0, 0.1) is 18.2 Å². The van der Waals surface area contributed by atoms with Gasteiger partial charge in [0.15, 0.2) is 5.82 Å². The molecule has 4 fully saturated rings. The van der Waals surface area contributed by atoms with Gasteiger partial charge >= 0.3 is 6.01 Å². The molecule has 8 rings (SSSR count). The fourth-order valence-electron chi connectivity index (χ4n) is 8.75. The Labute approximate surface area is 289 Å². The lowest BCUT2D eigenvalue weighted by atomic mass is 9.73. The number of benzene rings is 1. The lowest BCUT2D eigenvalue weighted by Crippen LogP contribution is -2.59. The van der Waals surface area contributed by atoms with Gasteiger partial charge in [0.2, 0.25) is 5.88 Å². The zero-order valence-corrected chi connectivity index (χ0v) is 28.9. The number of methoxy groups -OCH3 is 2. The van der Waals surface area contributed by atoms with Crippen molar-refractivity contribution < 1.29 is 28.4 Å². The Balaban J connectivity index is 1.23. The molecule has 3 unspecified atom stereocenters. The molecule has 2 N–H and O–H groups in total. The minimum atomic E-state index is -0.765. The van der Waals surface area contributed by atoms with Crippen molar-refractivity contribution in [3.8, 4) is 23.1 Å². The summed E-state index contributed by atoms with van der Waals surface area (Å²) in [5.41, 5.74) is 1.83. The standard InChI is InChI=1S/C35H43ClFN7O5/c1-19-24(36)14-25-23(15-38-42-25)27(19)30-29(37)31-28(33(39-30)47-3)32(43-10-11-48-17-21(45)16-43)41-34(40-31)49-18-35-7-4-6-26(35)44(9-5-8-35)20-12-22(13-20)46-2/h14-15,20-22,26,45H,4-13,16-18H2,1-3H3,(H,38,42). The molecule has 0 amide bonds. The maximum absolute atomic E-state index is 17.1. The fraction of sp³-hybridized carbons (Fsp3) is 0.600. The van der Waals surface area contributed by atoms with Crippen LogP contribution in [0.5, 0.6) is 11.9 Å². The summed E-state index contributed by atoms with van der Waals surface area (Å²) in [5, 5.41) is 19.2. The highest BCUT2D eigenvalue weighted by molar-refractivity contribution is 6.33. The van der Waals surface area contributed by atoms with Crippen molar-refractivity contribution >= 4 is 39.2 Å². The van der Waals surface area contributed by atoms with E-state index >= 15 is 4.39 Å². The second-order valence-corrected chi connectivity index (χ2v) is 14.5. The number of aromatic amines is 1. The number of ether oxygens (including phenoxy) is 4. The quantitative estimate of drug-likeness (QED) is 0.256. The van der Waals surface area contributed by atoms with Gasteiger partial charge in [-0.1, -0.05) is 18.0 Å². The van der Waals surface area contributed by atoms with Crippen molar-refractivity contribution in [2.75, 3.05) is 58.6 Å². The maximum Gasteiger partial charge on any atom is 0.319 e. The fourth-order valence-corrected chi connectivity index (χ4v) is 8.95. The van der Waals surface area contributed by atoms with Gasteiger partial charge in [0.25, 0.3) is 0 Å². The van der Waals surface area contributed by atoms with Crippen LogP contribution >= 0.6 is 11.6 Å². The van der Waals surface area contributed by atoms with E-state index in [0.717, 1.165) is 51.5 Å². The summed E-state index contributed by atoms with van der Waals surface area (Å²) < 4.78 is 40.7. The molecule has 2 saturated carbocycles. The van der Waals surface area contributed by atoms with Crippen LogP contribution in [0.3, 0.4) is 0 Å². The lowest BCUT2D eigenvalue weighted by Gasteiger charge is -2.53. The first-order chi connectivity index (χ1) is 23.8. The number of fused-ring (bicyclic) bond motifs is 3. The third-order valence-corrected chi connectivity index (χ3v) is 11.7. The molecular weight excluding hydrogens is 653 g/mol. The van der Waals surface area contributed by atoms with E-state index in [-0.39, 0.29) is 41.7 Å². The van der Waals surface area contributed by atoms with Crippen molar-refractivity contribution in [2.24, 2.45) is 5.41 Å². The number of β-amino-alcohol motifs (C(OH)–C–C–N with tert-alkyl or cyclic N) is 1. The Morgan fingerprint density at radius 1 is 1.16 bits per heavy atom. The number of aliphatic hydroxyl groups excluding tert-OH is 1. The number of aliphatic hydroxyl groups is 1. The zero-order chi connectivity index (χ0) is 33.9. The van der Waals surface area contributed by atoms with E-state index < -0.39 is 11.9 Å². The third kappa shape index (κ3) is 5.67. The summed E-state index contributed by atoms with van der Waals surface area (Å²) in [6, 6.07) is 2.80.